The van der Waals surface area contributed by atoms with Crippen LogP contribution in [-0.4, -0.2) is 41.3 Å². The van der Waals surface area contributed by atoms with E-state index >= 15 is 0 Å². The van der Waals surface area contributed by atoms with E-state index in [0.717, 1.165) is 59.7 Å². The summed E-state index contributed by atoms with van der Waals surface area (Å²) in [6, 6.07) is 17.6. The number of aromatic nitrogens is 2. The third-order valence-corrected chi connectivity index (χ3v) is 6.89. The van der Waals surface area contributed by atoms with Crippen molar-refractivity contribution in [2.75, 3.05) is 19.5 Å². The standard InChI is InChI=1S/C29H31N5O3/c1-36-17-5-8-24(35)33-21-13-9-20(10-14-21)27-28-25(29(30)32-18-31-28)26(34-27)19-11-15-23(16-12-19)37-22-6-3-2-4-7-22/h2-8,11-12,15-16,18,20-21,27H,9-10,13-14,17H2,1H3,(H,33,35)(H2,30,31,32)/b8-5+/t20?,21?,27-/m0/s1. The van der Waals surface area contributed by atoms with Gasteiger partial charge in [-0.15, -0.1) is 0 Å². The molecule has 0 unspecified atom stereocenters. The van der Waals surface area contributed by atoms with Crippen molar-refractivity contribution in [3.05, 3.63) is 89.9 Å². The average molecular weight is 498 g/mol. The lowest BCUT2D eigenvalue weighted by atomic mass is 9.80. The number of rotatable bonds is 8. The van der Waals surface area contributed by atoms with Crippen molar-refractivity contribution in [1.29, 1.82) is 0 Å². The number of nitrogens with two attached hydrogens (primary N) is 1. The van der Waals surface area contributed by atoms with Gasteiger partial charge in [-0.2, -0.15) is 0 Å². The summed E-state index contributed by atoms with van der Waals surface area (Å²) in [5, 5.41) is 3.10. The van der Waals surface area contributed by atoms with Crippen molar-refractivity contribution in [1.82, 2.24) is 15.3 Å². The Morgan fingerprint density at radius 1 is 1.03 bits per heavy atom. The number of hydrogen-bond donors (Lipinski definition) is 2. The van der Waals surface area contributed by atoms with Gasteiger partial charge in [0.1, 0.15) is 23.6 Å². The van der Waals surface area contributed by atoms with Gasteiger partial charge in [0.25, 0.3) is 0 Å². The zero-order chi connectivity index (χ0) is 25.6. The number of methoxy groups -OCH3 is 1. The summed E-state index contributed by atoms with van der Waals surface area (Å²) in [4.78, 5) is 26.1. The molecule has 0 spiro atoms. The van der Waals surface area contributed by atoms with E-state index in [1.165, 1.54) is 12.4 Å². The van der Waals surface area contributed by atoms with Gasteiger partial charge in [-0.1, -0.05) is 24.3 Å². The predicted octanol–water partition coefficient (Wildman–Crippen LogP) is 4.62. The number of nitrogens with zero attached hydrogens (tertiary/aromatic N) is 3. The number of amides is 1. The van der Waals surface area contributed by atoms with Gasteiger partial charge in [0.05, 0.1) is 29.6 Å². The molecule has 0 saturated heterocycles. The van der Waals surface area contributed by atoms with Crippen LogP contribution in [0.15, 0.2) is 78.1 Å². The van der Waals surface area contributed by atoms with E-state index in [1.54, 1.807) is 13.2 Å². The van der Waals surface area contributed by atoms with Crippen molar-refractivity contribution in [3.63, 3.8) is 0 Å². The van der Waals surface area contributed by atoms with Crippen molar-refractivity contribution in [2.45, 2.75) is 37.8 Å². The van der Waals surface area contributed by atoms with Crippen molar-refractivity contribution < 1.29 is 14.3 Å². The number of para-hydroxylation sites is 1. The molecular weight excluding hydrogens is 466 g/mol. The molecule has 190 valence electrons. The number of benzene rings is 2. The highest BCUT2D eigenvalue weighted by atomic mass is 16.5. The first-order valence-corrected chi connectivity index (χ1v) is 12.6. The molecule has 0 radical (unpaired) electrons. The minimum atomic E-state index is -0.0766. The third-order valence-electron chi connectivity index (χ3n) is 6.89. The van der Waals surface area contributed by atoms with Gasteiger partial charge in [-0.25, -0.2) is 9.97 Å². The van der Waals surface area contributed by atoms with Crippen LogP contribution >= 0.6 is 0 Å². The summed E-state index contributed by atoms with van der Waals surface area (Å²) in [6.45, 7) is 0.426. The number of nitrogen functional groups attached to an aromatic ring is 1. The molecule has 1 atom stereocenters. The second-order valence-electron chi connectivity index (χ2n) is 9.36. The summed E-state index contributed by atoms with van der Waals surface area (Å²) < 4.78 is 10.9. The molecule has 1 fully saturated rings. The molecule has 0 bridgehead atoms. The lowest BCUT2D eigenvalue weighted by Gasteiger charge is -2.31. The quantitative estimate of drug-likeness (QED) is 0.439. The molecule has 2 aliphatic rings. The number of anilines is 1. The first kappa shape index (κ1) is 24.6. The van der Waals surface area contributed by atoms with Crippen LogP contribution in [0.1, 0.15) is 48.5 Å². The Morgan fingerprint density at radius 2 is 1.76 bits per heavy atom. The van der Waals surface area contributed by atoms with Gasteiger partial charge in [0.2, 0.25) is 5.91 Å². The summed E-state index contributed by atoms with van der Waals surface area (Å²) in [5.41, 5.74) is 9.82. The van der Waals surface area contributed by atoms with Crippen LogP contribution in [-0.2, 0) is 9.53 Å². The molecule has 3 aromatic rings. The van der Waals surface area contributed by atoms with Gasteiger partial charge >= 0.3 is 0 Å². The molecule has 2 aromatic carbocycles. The predicted molar refractivity (Wildman–Crippen MR) is 143 cm³/mol. The van der Waals surface area contributed by atoms with E-state index in [-0.39, 0.29) is 18.0 Å². The molecule has 37 heavy (non-hydrogen) atoms. The fourth-order valence-corrected chi connectivity index (χ4v) is 5.08. The van der Waals surface area contributed by atoms with Crippen LogP contribution in [0, 0.1) is 5.92 Å². The fourth-order valence-electron chi connectivity index (χ4n) is 5.08. The Morgan fingerprint density at radius 3 is 2.49 bits per heavy atom. The van der Waals surface area contributed by atoms with E-state index in [0.29, 0.717) is 18.3 Å². The van der Waals surface area contributed by atoms with Gasteiger partial charge in [-0.05, 0) is 68.0 Å². The number of fused-ring (bicyclic) bond motifs is 1. The molecule has 2 heterocycles. The third kappa shape index (κ3) is 5.70. The zero-order valence-corrected chi connectivity index (χ0v) is 20.8. The Balaban J connectivity index is 1.30. The van der Waals surface area contributed by atoms with E-state index in [1.807, 2.05) is 54.6 Å². The Labute approximate surface area is 216 Å². The molecule has 1 amide bonds. The zero-order valence-electron chi connectivity index (χ0n) is 20.8. The lowest BCUT2D eigenvalue weighted by Crippen LogP contribution is -2.37. The number of carbonyl (C=O) groups is 1. The first-order chi connectivity index (χ1) is 18.1. The molecule has 1 aliphatic heterocycles. The minimum absolute atomic E-state index is 0.0752. The molecular formula is C29H31N5O3. The number of nitrogens with one attached hydrogen (secondary N) is 1. The highest BCUT2D eigenvalue weighted by Crippen LogP contribution is 2.43. The normalized spacial score (nSPS) is 20.9. The highest BCUT2D eigenvalue weighted by molar-refractivity contribution is 6.17. The largest absolute Gasteiger partial charge is 0.457 e. The summed E-state index contributed by atoms with van der Waals surface area (Å²) in [5.74, 6) is 2.23. The summed E-state index contributed by atoms with van der Waals surface area (Å²) >= 11 is 0. The smallest absolute Gasteiger partial charge is 0.243 e. The number of hydrogen-bond acceptors (Lipinski definition) is 7. The fraction of sp³-hybridized carbons (Fsp3) is 0.310. The Bertz CT molecular complexity index is 1280. The van der Waals surface area contributed by atoms with Gasteiger partial charge in [0, 0.05) is 24.8 Å². The van der Waals surface area contributed by atoms with Crippen LogP contribution < -0.4 is 15.8 Å². The minimum Gasteiger partial charge on any atom is -0.457 e. The van der Waals surface area contributed by atoms with Crippen LogP contribution in [0.25, 0.3) is 0 Å². The molecule has 1 saturated carbocycles. The maximum Gasteiger partial charge on any atom is 0.243 e. The Hall–Kier alpha value is -4.04. The van der Waals surface area contributed by atoms with Crippen LogP contribution in [0.2, 0.25) is 0 Å². The van der Waals surface area contributed by atoms with E-state index < -0.39 is 0 Å². The van der Waals surface area contributed by atoms with Gasteiger partial charge in [0.15, 0.2) is 0 Å². The number of carbonyl (C=O) groups excluding carboxylic acids is 1. The van der Waals surface area contributed by atoms with Crippen LogP contribution in [0.5, 0.6) is 11.5 Å². The lowest BCUT2D eigenvalue weighted by molar-refractivity contribution is -0.117. The number of aliphatic imine (C=N–C) groups is 1. The van der Waals surface area contributed by atoms with Crippen molar-refractivity contribution >= 4 is 17.4 Å². The number of ether oxygens (including phenoxy) is 2. The van der Waals surface area contributed by atoms with E-state index in [4.69, 9.17) is 20.2 Å². The first-order valence-electron chi connectivity index (χ1n) is 12.6. The van der Waals surface area contributed by atoms with Crippen LogP contribution in [0.4, 0.5) is 5.82 Å². The maximum atomic E-state index is 12.1. The van der Waals surface area contributed by atoms with Crippen molar-refractivity contribution in [2.24, 2.45) is 10.9 Å². The molecule has 8 nitrogen and oxygen atoms in total. The highest BCUT2D eigenvalue weighted by Gasteiger charge is 2.37. The molecule has 3 N–H and O–H groups in total. The Kier molecular flexibility index (Phi) is 7.56. The summed E-state index contributed by atoms with van der Waals surface area (Å²) in [6.07, 6.45) is 8.47. The van der Waals surface area contributed by atoms with Gasteiger partial charge in [-0.3, -0.25) is 9.79 Å². The summed E-state index contributed by atoms with van der Waals surface area (Å²) in [7, 11) is 1.60. The maximum absolute atomic E-state index is 12.1. The van der Waals surface area contributed by atoms with Crippen LogP contribution in [0.3, 0.4) is 0 Å². The van der Waals surface area contributed by atoms with Gasteiger partial charge < -0.3 is 20.5 Å². The molecule has 1 aromatic heterocycles. The van der Waals surface area contributed by atoms with Crippen molar-refractivity contribution in [3.8, 4) is 11.5 Å². The van der Waals surface area contributed by atoms with E-state index in [9.17, 15) is 4.79 Å². The second kappa shape index (κ2) is 11.3. The molecule has 8 heteroatoms. The average Bonchev–Trinajstić information content (AvgIpc) is 3.31. The molecule has 1 aliphatic carbocycles. The monoisotopic (exact) mass is 497 g/mol. The molecule has 5 rings (SSSR count). The van der Waals surface area contributed by atoms with E-state index in [2.05, 4.69) is 15.3 Å². The SMILES string of the molecule is COC/C=C/C(=O)NC1CCC([C@@H]2N=C(c3ccc(Oc4ccccc4)cc3)c3c(N)ncnc32)CC1. The second-order valence-corrected chi connectivity index (χ2v) is 9.36. The topological polar surface area (TPSA) is 112 Å².